The highest BCUT2D eigenvalue weighted by molar-refractivity contribution is 9.10. The Morgan fingerprint density at radius 3 is 2.38 bits per heavy atom. The van der Waals surface area contributed by atoms with Crippen molar-refractivity contribution in [2.45, 2.75) is 13.2 Å². The highest BCUT2D eigenvalue weighted by atomic mass is 79.9. The van der Waals surface area contributed by atoms with Crippen LogP contribution in [-0.2, 0) is 18.0 Å². The molecule has 0 heterocycles. The molecule has 1 N–H and O–H groups in total. The van der Waals surface area contributed by atoms with Crippen molar-refractivity contribution in [2.75, 3.05) is 7.11 Å². The Bertz CT molecular complexity index is 623. The van der Waals surface area contributed by atoms with Gasteiger partial charge in [-0.1, -0.05) is 18.2 Å². The van der Waals surface area contributed by atoms with Crippen LogP contribution >= 0.6 is 15.9 Å². The van der Waals surface area contributed by atoms with Crippen LogP contribution in [0.5, 0.6) is 5.75 Å². The Morgan fingerprint density at radius 1 is 1.14 bits per heavy atom. The summed E-state index contributed by atoms with van der Waals surface area (Å²) in [5, 5.41) is 8.96. The van der Waals surface area contributed by atoms with Crippen LogP contribution in [-0.4, -0.2) is 18.2 Å². The lowest BCUT2D eigenvalue weighted by molar-refractivity contribution is 0.0472. The molecule has 0 aliphatic rings. The smallest absolute Gasteiger partial charge is 0.338 e. The lowest BCUT2D eigenvalue weighted by atomic mass is 10.1. The van der Waals surface area contributed by atoms with Crippen molar-refractivity contribution in [3.8, 4) is 5.75 Å². The molecular weight excluding hydrogens is 336 g/mol. The lowest BCUT2D eigenvalue weighted by Crippen LogP contribution is -2.05. The summed E-state index contributed by atoms with van der Waals surface area (Å²) in [7, 11) is 1.59. The summed E-state index contributed by atoms with van der Waals surface area (Å²) in [6.45, 7) is 0.137. The van der Waals surface area contributed by atoms with Crippen LogP contribution in [0.15, 0.2) is 46.9 Å². The van der Waals surface area contributed by atoms with Gasteiger partial charge in [-0.3, -0.25) is 0 Å². The third kappa shape index (κ3) is 4.06. The fourth-order valence-corrected chi connectivity index (χ4v) is 2.37. The van der Waals surface area contributed by atoms with E-state index in [9.17, 15) is 4.79 Å². The van der Waals surface area contributed by atoms with Crippen LogP contribution in [0.25, 0.3) is 0 Å². The number of methoxy groups -OCH3 is 1. The fourth-order valence-electron chi connectivity index (χ4n) is 1.78. The maximum absolute atomic E-state index is 11.9. The number of aliphatic hydroxyl groups is 1. The van der Waals surface area contributed by atoms with E-state index in [1.54, 1.807) is 31.4 Å². The third-order valence-electron chi connectivity index (χ3n) is 2.96. The SMILES string of the molecule is COc1ccc(COC(=O)c2ccc(CO)cc2)cc1Br. The van der Waals surface area contributed by atoms with Gasteiger partial charge in [0.05, 0.1) is 23.8 Å². The molecule has 0 atom stereocenters. The van der Waals surface area contributed by atoms with Crippen molar-refractivity contribution in [1.82, 2.24) is 0 Å². The average Bonchev–Trinajstić information content (AvgIpc) is 2.52. The van der Waals surface area contributed by atoms with Gasteiger partial charge in [0.15, 0.2) is 0 Å². The van der Waals surface area contributed by atoms with Gasteiger partial charge in [0, 0.05) is 0 Å². The Labute approximate surface area is 131 Å². The van der Waals surface area contributed by atoms with Crippen molar-refractivity contribution >= 4 is 21.9 Å². The quantitative estimate of drug-likeness (QED) is 0.840. The molecule has 21 heavy (non-hydrogen) atoms. The zero-order chi connectivity index (χ0) is 15.2. The minimum atomic E-state index is -0.397. The first-order valence-corrected chi connectivity index (χ1v) is 7.12. The largest absolute Gasteiger partial charge is 0.496 e. The Hall–Kier alpha value is -1.85. The molecule has 0 spiro atoms. The van der Waals surface area contributed by atoms with Gasteiger partial charge in [-0.15, -0.1) is 0 Å². The molecule has 0 aliphatic heterocycles. The molecule has 0 aliphatic carbocycles. The molecule has 2 aromatic carbocycles. The van der Waals surface area contributed by atoms with E-state index >= 15 is 0 Å². The average molecular weight is 351 g/mol. The van der Waals surface area contributed by atoms with Crippen molar-refractivity contribution in [3.63, 3.8) is 0 Å². The van der Waals surface area contributed by atoms with E-state index < -0.39 is 5.97 Å². The number of aliphatic hydroxyl groups excluding tert-OH is 1. The van der Waals surface area contributed by atoms with Gasteiger partial charge in [-0.25, -0.2) is 4.79 Å². The molecule has 4 nitrogen and oxygen atoms in total. The van der Waals surface area contributed by atoms with E-state index in [2.05, 4.69) is 15.9 Å². The Balaban J connectivity index is 1.98. The highest BCUT2D eigenvalue weighted by Crippen LogP contribution is 2.25. The maximum atomic E-state index is 11.9. The van der Waals surface area contributed by atoms with Crippen molar-refractivity contribution in [1.29, 1.82) is 0 Å². The van der Waals surface area contributed by atoms with Gasteiger partial charge in [-0.2, -0.15) is 0 Å². The fraction of sp³-hybridized carbons (Fsp3) is 0.188. The summed E-state index contributed by atoms with van der Waals surface area (Å²) in [5.74, 6) is 0.330. The van der Waals surface area contributed by atoms with Gasteiger partial charge in [-0.05, 0) is 51.3 Å². The normalized spacial score (nSPS) is 10.2. The first-order chi connectivity index (χ1) is 10.1. The van der Waals surface area contributed by atoms with Gasteiger partial charge < -0.3 is 14.6 Å². The monoisotopic (exact) mass is 350 g/mol. The predicted octanol–water partition coefficient (Wildman–Crippen LogP) is 3.31. The van der Waals surface area contributed by atoms with E-state index in [1.165, 1.54) is 0 Å². The molecular formula is C16H15BrO4. The van der Waals surface area contributed by atoms with Crippen LogP contribution in [0, 0.1) is 0 Å². The number of rotatable bonds is 5. The molecule has 0 unspecified atom stereocenters. The second kappa shape index (κ2) is 7.24. The first-order valence-electron chi connectivity index (χ1n) is 6.33. The summed E-state index contributed by atoms with van der Waals surface area (Å²) in [5.41, 5.74) is 2.08. The number of hydrogen-bond acceptors (Lipinski definition) is 4. The van der Waals surface area contributed by atoms with Gasteiger partial charge in [0.25, 0.3) is 0 Å². The molecule has 0 saturated carbocycles. The van der Waals surface area contributed by atoms with Gasteiger partial charge >= 0.3 is 5.97 Å². The number of hydrogen-bond donors (Lipinski definition) is 1. The third-order valence-corrected chi connectivity index (χ3v) is 3.58. The van der Waals surface area contributed by atoms with E-state index in [1.807, 2.05) is 18.2 Å². The van der Waals surface area contributed by atoms with E-state index in [0.717, 1.165) is 21.3 Å². The maximum Gasteiger partial charge on any atom is 0.338 e. The van der Waals surface area contributed by atoms with Crippen molar-refractivity contribution in [3.05, 3.63) is 63.6 Å². The minimum absolute atomic E-state index is 0.0464. The standard InChI is InChI=1S/C16H15BrO4/c1-20-15-7-4-12(8-14(15)17)10-21-16(19)13-5-2-11(9-18)3-6-13/h2-8,18H,9-10H2,1H3. The summed E-state index contributed by atoms with van der Waals surface area (Å²) >= 11 is 3.39. The molecule has 110 valence electrons. The van der Waals surface area contributed by atoms with Gasteiger partial charge in [0.1, 0.15) is 12.4 Å². The Kier molecular flexibility index (Phi) is 5.36. The van der Waals surface area contributed by atoms with Crippen LogP contribution in [0.1, 0.15) is 21.5 Å². The molecule has 0 bridgehead atoms. The second-order valence-corrected chi connectivity index (χ2v) is 5.25. The highest BCUT2D eigenvalue weighted by Gasteiger charge is 2.08. The first kappa shape index (κ1) is 15.5. The summed E-state index contributed by atoms with van der Waals surface area (Å²) < 4.78 is 11.2. The zero-order valence-electron chi connectivity index (χ0n) is 11.5. The summed E-state index contributed by atoms with van der Waals surface area (Å²) in [6.07, 6.45) is 0. The minimum Gasteiger partial charge on any atom is -0.496 e. The number of esters is 1. The topological polar surface area (TPSA) is 55.8 Å². The molecule has 0 amide bonds. The van der Waals surface area contributed by atoms with E-state index in [-0.39, 0.29) is 13.2 Å². The van der Waals surface area contributed by atoms with E-state index in [0.29, 0.717) is 5.56 Å². The molecule has 5 heteroatoms. The van der Waals surface area contributed by atoms with Crippen molar-refractivity contribution < 1.29 is 19.4 Å². The van der Waals surface area contributed by atoms with Gasteiger partial charge in [0.2, 0.25) is 0 Å². The second-order valence-electron chi connectivity index (χ2n) is 4.40. The molecule has 0 saturated heterocycles. The molecule has 2 rings (SSSR count). The van der Waals surface area contributed by atoms with Crippen LogP contribution in [0.2, 0.25) is 0 Å². The van der Waals surface area contributed by atoms with Crippen molar-refractivity contribution in [2.24, 2.45) is 0 Å². The number of ether oxygens (including phenoxy) is 2. The molecule has 0 fully saturated rings. The van der Waals surface area contributed by atoms with E-state index in [4.69, 9.17) is 14.6 Å². The van der Waals surface area contributed by atoms with Crippen LogP contribution in [0.4, 0.5) is 0 Å². The lowest BCUT2D eigenvalue weighted by Gasteiger charge is -2.08. The predicted molar refractivity (Wildman–Crippen MR) is 82.2 cm³/mol. The van der Waals surface area contributed by atoms with Crippen LogP contribution in [0.3, 0.4) is 0 Å². The molecule has 0 aromatic heterocycles. The number of carbonyl (C=O) groups is 1. The molecule has 2 aromatic rings. The zero-order valence-corrected chi connectivity index (χ0v) is 13.1. The molecule has 0 radical (unpaired) electrons. The number of carbonyl (C=O) groups excluding carboxylic acids is 1. The van der Waals surface area contributed by atoms with Crippen LogP contribution < -0.4 is 4.74 Å². The Morgan fingerprint density at radius 2 is 1.81 bits per heavy atom. The number of benzene rings is 2. The number of halogens is 1. The summed E-state index contributed by atoms with van der Waals surface area (Å²) in [6, 6.07) is 12.2. The summed E-state index contributed by atoms with van der Waals surface area (Å²) in [4.78, 5) is 11.9.